The summed E-state index contributed by atoms with van der Waals surface area (Å²) in [6.45, 7) is 0. The molecule has 16 rings (SSSR count). The predicted octanol–water partition coefficient (Wildman–Crippen LogP) is 15.8. The molecule has 2 aliphatic rings. The van der Waals surface area contributed by atoms with Crippen molar-refractivity contribution in [3.05, 3.63) is 259 Å². The summed E-state index contributed by atoms with van der Waals surface area (Å²) < 4.78 is 14.0. The van der Waals surface area contributed by atoms with E-state index in [0.29, 0.717) is 5.56 Å². The Morgan fingerprint density at radius 3 is 1.59 bits per heavy atom. The average Bonchev–Trinajstić information content (AvgIpc) is 4.17. The minimum atomic E-state index is -0.820. The smallest absolute Gasteiger partial charge is 0.132 e. The maximum atomic E-state index is 10.3. The van der Waals surface area contributed by atoms with Gasteiger partial charge in [-0.05, 0) is 114 Å². The number of benzene rings is 9. The van der Waals surface area contributed by atoms with E-state index < -0.39 is 5.41 Å². The summed E-state index contributed by atoms with van der Waals surface area (Å²) in [6.07, 6.45) is 3.87. The third-order valence-electron chi connectivity index (χ3n) is 15.6. The van der Waals surface area contributed by atoms with Crippen LogP contribution in [0.25, 0.3) is 105 Å². The quantitative estimate of drug-likeness (QED) is 0.176. The lowest BCUT2D eigenvalue weighted by molar-refractivity contribution is 0.436. The second-order valence-corrected chi connectivity index (χ2v) is 19.2. The molecule has 0 fully saturated rings. The van der Waals surface area contributed by atoms with Crippen LogP contribution in [-0.4, -0.2) is 23.7 Å². The summed E-state index contributed by atoms with van der Waals surface area (Å²) in [5, 5.41) is 17.2. The van der Waals surface area contributed by atoms with E-state index >= 15 is 0 Å². The summed E-state index contributed by atoms with van der Waals surface area (Å²) in [6, 6.07) is 80.0. The van der Waals surface area contributed by atoms with Crippen molar-refractivity contribution >= 4 is 65.4 Å². The van der Waals surface area contributed by atoms with Gasteiger partial charge in [-0.15, -0.1) is 0 Å². The van der Waals surface area contributed by atoms with Crippen LogP contribution in [0.5, 0.6) is 11.5 Å². The predicted molar refractivity (Wildman–Crippen MR) is 293 cm³/mol. The number of aromatic nitrogens is 5. The normalized spacial score (nSPS) is 14.5. The number of nitrogens with zero attached hydrogens (tertiary/aromatic N) is 6. The van der Waals surface area contributed by atoms with Gasteiger partial charge in [0, 0.05) is 72.7 Å². The molecular weight excluding hydrogens is 893 g/mol. The fourth-order valence-corrected chi connectivity index (χ4v) is 12.6. The molecule has 6 heterocycles. The molecule has 5 aromatic heterocycles. The zero-order valence-corrected chi connectivity index (χ0v) is 39.0. The maximum absolute atomic E-state index is 10.3. The number of fused-ring (bicyclic) bond motifs is 18. The van der Waals surface area contributed by atoms with E-state index in [9.17, 15) is 5.26 Å². The van der Waals surface area contributed by atoms with Crippen molar-refractivity contribution in [3.8, 4) is 57.1 Å². The summed E-state index contributed by atoms with van der Waals surface area (Å²) in [7, 11) is 0. The number of hydrogen-bond donors (Lipinski definition) is 0. The van der Waals surface area contributed by atoms with Gasteiger partial charge in [0.2, 0.25) is 0 Å². The average molecular weight is 931 g/mol. The second-order valence-electron chi connectivity index (χ2n) is 19.2. The lowest BCUT2D eigenvalue weighted by atomic mass is 9.66. The third kappa shape index (κ3) is 5.30. The van der Waals surface area contributed by atoms with Crippen molar-refractivity contribution < 1.29 is 4.74 Å². The monoisotopic (exact) mass is 930 g/mol. The third-order valence-corrected chi connectivity index (χ3v) is 15.6. The van der Waals surface area contributed by atoms with Gasteiger partial charge >= 0.3 is 0 Å². The van der Waals surface area contributed by atoms with Crippen LogP contribution in [0.4, 0.5) is 0 Å². The van der Waals surface area contributed by atoms with E-state index in [1.807, 2.05) is 36.7 Å². The lowest BCUT2D eigenvalue weighted by Gasteiger charge is -2.39. The summed E-state index contributed by atoms with van der Waals surface area (Å²) >= 11 is 0. The molecule has 0 radical (unpaired) electrons. The van der Waals surface area contributed by atoms with Gasteiger partial charge < -0.3 is 18.4 Å². The van der Waals surface area contributed by atoms with Crippen molar-refractivity contribution in [3.63, 3.8) is 0 Å². The number of pyridine rings is 2. The van der Waals surface area contributed by atoms with E-state index in [-0.39, 0.29) is 0 Å². The molecule has 1 aliphatic heterocycles. The van der Waals surface area contributed by atoms with E-state index in [0.717, 1.165) is 117 Å². The zero-order valence-electron chi connectivity index (χ0n) is 39.0. The second kappa shape index (κ2) is 14.8. The number of rotatable bonds is 4. The van der Waals surface area contributed by atoms with Gasteiger partial charge in [0.15, 0.2) is 0 Å². The molecule has 1 atom stereocenters. The summed E-state index contributed by atoms with van der Waals surface area (Å²) in [4.78, 5) is 10.5. The van der Waals surface area contributed by atoms with Crippen LogP contribution in [-0.2, 0) is 5.41 Å². The van der Waals surface area contributed by atoms with Gasteiger partial charge in [-0.2, -0.15) is 5.26 Å². The van der Waals surface area contributed by atoms with Crippen LogP contribution >= 0.6 is 0 Å². The SMILES string of the molecule is N#Cc1ccc2c(c1)c1cc(-c3cnc4c(c3)C3(c5ccccc5Oc5ccc(-n6c7ccccc7c7ccccc76)cc53)c3cccnc3-4)ccc1n2-c1ccccc1-n1c2ccccc2c2ccccc21. The first kappa shape index (κ1) is 39.8. The van der Waals surface area contributed by atoms with E-state index in [2.05, 4.69) is 214 Å². The van der Waals surface area contributed by atoms with Crippen LogP contribution in [0.15, 0.2) is 231 Å². The Bertz CT molecular complexity index is 4650. The van der Waals surface area contributed by atoms with Gasteiger partial charge in [0.05, 0.1) is 72.9 Å². The highest BCUT2D eigenvalue weighted by Gasteiger charge is 2.52. The highest BCUT2D eigenvalue weighted by molar-refractivity contribution is 6.13. The first-order valence-electron chi connectivity index (χ1n) is 24.6. The Balaban J connectivity index is 0.926. The molecule has 1 aliphatic carbocycles. The first-order valence-corrected chi connectivity index (χ1v) is 24.6. The highest BCUT2D eigenvalue weighted by atomic mass is 16.5. The molecule has 9 aromatic carbocycles. The number of nitriles is 1. The Morgan fingerprint density at radius 2 is 0.918 bits per heavy atom. The lowest BCUT2D eigenvalue weighted by Crippen LogP contribution is -2.32. The van der Waals surface area contributed by atoms with Crippen LogP contribution in [0.1, 0.15) is 27.8 Å². The number of hydrogen-bond acceptors (Lipinski definition) is 4. The molecule has 73 heavy (non-hydrogen) atoms. The van der Waals surface area contributed by atoms with Crippen molar-refractivity contribution in [2.45, 2.75) is 5.41 Å². The minimum Gasteiger partial charge on any atom is -0.457 e. The van der Waals surface area contributed by atoms with Gasteiger partial charge in [-0.3, -0.25) is 9.97 Å². The molecule has 1 spiro atoms. The van der Waals surface area contributed by atoms with E-state index in [4.69, 9.17) is 14.7 Å². The number of para-hydroxylation sites is 7. The van der Waals surface area contributed by atoms with Crippen LogP contribution in [0.3, 0.4) is 0 Å². The standard InChI is InChI=1S/C66H38N6O/c67-38-40-27-30-58-48(34-40)49-35-41(28-31-59(49)72(58)61-25-11-10-24-60(61)71-56-22-8-3-16-46(56)47-17-4-9-23-57(47)71)42-36-53-65(69-39-42)64-51(19-13-33-68-64)66(53)50-18-5-12-26-62(50)73-63-32-29-43(37-52(63)66)70-54-20-6-1-14-44(54)45-15-2-7-21-55(45)70/h1-37,39H. The zero-order chi connectivity index (χ0) is 47.9. The van der Waals surface area contributed by atoms with Crippen LogP contribution in [0.2, 0.25) is 0 Å². The molecule has 1 unspecified atom stereocenters. The molecule has 0 bridgehead atoms. The van der Waals surface area contributed by atoms with E-state index in [1.54, 1.807) is 0 Å². The number of ether oxygens (including phenoxy) is 1. The van der Waals surface area contributed by atoms with Crippen molar-refractivity contribution in [1.29, 1.82) is 5.26 Å². The molecule has 0 amide bonds. The molecule has 7 heteroatoms. The summed E-state index contributed by atoms with van der Waals surface area (Å²) in [5.41, 5.74) is 17.4. The fraction of sp³-hybridized carbons (Fsp3) is 0.0152. The minimum absolute atomic E-state index is 0.608. The van der Waals surface area contributed by atoms with Crippen LogP contribution < -0.4 is 4.74 Å². The molecule has 14 aromatic rings. The Morgan fingerprint density at radius 1 is 0.384 bits per heavy atom. The first-order chi connectivity index (χ1) is 36.2. The van der Waals surface area contributed by atoms with Gasteiger partial charge in [0.25, 0.3) is 0 Å². The van der Waals surface area contributed by atoms with Crippen molar-refractivity contribution in [2.75, 3.05) is 0 Å². The fourth-order valence-electron chi connectivity index (χ4n) is 12.6. The Kier molecular flexibility index (Phi) is 8.04. The molecule has 0 N–H and O–H groups in total. The topological polar surface area (TPSA) is 73.6 Å². The Hall–Kier alpha value is -10.0. The van der Waals surface area contributed by atoms with Crippen molar-refractivity contribution in [2.24, 2.45) is 0 Å². The molecule has 0 saturated heterocycles. The largest absolute Gasteiger partial charge is 0.457 e. The van der Waals surface area contributed by atoms with Crippen molar-refractivity contribution in [1.82, 2.24) is 23.7 Å². The highest BCUT2D eigenvalue weighted by Crippen LogP contribution is 2.62. The Labute approximate surface area is 418 Å². The van der Waals surface area contributed by atoms with Gasteiger partial charge in [-0.25, -0.2) is 0 Å². The molecule has 7 nitrogen and oxygen atoms in total. The molecular formula is C66H38N6O. The van der Waals surface area contributed by atoms with Gasteiger partial charge in [0.1, 0.15) is 11.5 Å². The van der Waals surface area contributed by atoms with Gasteiger partial charge in [-0.1, -0.05) is 115 Å². The molecule has 338 valence electrons. The van der Waals surface area contributed by atoms with Crippen LogP contribution in [0, 0.1) is 11.3 Å². The van der Waals surface area contributed by atoms with E-state index in [1.165, 1.54) is 21.5 Å². The maximum Gasteiger partial charge on any atom is 0.132 e. The molecule has 0 saturated carbocycles. The summed E-state index contributed by atoms with van der Waals surface area (Å²) in [5.74, 6) is 1.59.